The van der Waals surface area contributed by atoms with E-state index in [4.69, 9.17) is 9.31 Å². The van der Waals surface area contributed by atoms with Gasteiger partial charge in [0.15, 0.2) is 5.03 Å². The maximum absolute atomic E-state index is 13.6. The molecular weight excluding hydrogens is 503 g/mol. The lowest BCUT2D eigenvalue weighted by molar-refractivity contribution is -0.627. The van der Waals surface area contributed by atoms with Gasteiger partial charge in [-0.15, -0.1) is 5.43 Å². The van der Waals surface area contributed by atoms with E-state index < -0.39 is 24.5 Å². The van der Waals surface area contributed by atoms with E-state index in [1.165, 1.54) is 0 Å². The second-order valence-corrected chi connectivity index (χ2v) is 13.0. The molecule has 0 spiro atoms. The number of nitrogens with one attached hydrogen (secondary N) is 4. The fraction of sp³-hybridized carbons (Fsp3) is 0.923. The monoisotopic (exact) mass is 550 g/mol. The van der Waals surface area contributed by atoms with Gasteiger partial charge in [-0.1, -0.05) is 41.0 Å². The van der Waals surface area contributed by atoms with Crippen LogP contribution in [0.3, 0.4) is 0 Å². The smallest absolute Gasteiger partial charge is 0.404 e. The van der Waals surface area contributed by atoms with Crippen LogP contribution in [0.2, 0.25) is 0 Å². The van der Waals surface area contributed by atoms with Crippen LogP contribution < -0.4 is 21.4 Å². The molecular formula is C26H47BN6O6. The van der Waals surface area contributed by atoms with E-state index in [-0.39, 0.29) is 34.9 Å². The van der Waals surface area contributed by atoms with Crippen molar-refractivity contribution in [2.75, 3.05) is 6.54 Å². The molecule has 2 heterocycles. The Morgan fingerprint density at radius 2 is 1.95 bits per heavy atom. The highest BCUT2D eigenvalue weighted by atomic mass is 16.7. The number of rotatable bonds is 15. The molecule has 1 unspecified atom stereocenters. The van der Waals surface area contributed by atoms with Crippen LogP contribution in [-0.2, 0) is 18.9 Å². The predicted octanol–water partition coefficient (Wildman–Crippen LogP) is 2.13. The highest BCUT2D eigenvalue weighted by molar-refractivity contribution is 6.47. The minimum absolute atomic E-state index is 0.0243. The first-order valence-corrected chi connectivity index (χ1v) is 14.7. The maximum atomic E-state index is 13.6. The summed E-state index contributed by atoms with van der Waals surface area (Å²) in [7, 11) is -0.534. The van der Waals surface area contributed by atoms with E-state index in [1.54, 1.807) is 0 Å². The normalized spacial score (nSPS) is 31.8. The van der Waals surface area contributed by atoms with Gasteiger partial charge in [-0.3, -0.25) is 14.9 Å². The van der Waals surface area contributed by atoms with E-state index in [2.05, 4.69) is 56.0 Å². The second kappa shape index (κ2) is 11.9. The third-order valence-corrected chi connectivity index (χ3v) is 9.37. The highest BCUT2D eigenvalue weighted by Crippen LogP contribution is 2.65. The van der Waals surface area contributed by atoms with Crippen molar-refractivity contribution in [3.63, 3.8) is 0 Å². The lowest BCUT2D eigenvalue weighted by Gasteiger charge is -2.64. The van der Waals surface area contributed by atoms with E-state index in [9.17, 15) is 19.7 Å². The van der Waals surface area contributed by atoms with Crippen molar-refractivity contribution in [3.05, 3.63) is 10.1 Å². The number of nitro groups is 1. The van der Waals surface area contributed by atoms with Crippen LogP contribution in [0, 0.1) is 33.3 Å². The summed E-state index contributed by atoms with van der Waals surface area (Å²) in [5.41, 5.74) is 2.46. The summed E-state index contributed by atoms with van der Waals surface area (Å²) < 4.78 is 13.2. The van der Waals surface area contributed by atoms with Crippen LogP contribution in [-0.4, -0.2) is 65.6 Å². The Balaban J connectivity index is 1.38. The molecule has 13 heteroatoms. The minimum Gasteiger partial charge on any atom is -0.404 e. The average molecular weight is 551 g/mol. The number of hydrogen-bond acceptors (Lipinski definition) is 8. The zero-order valence-electron chi connectivity index (χ0n) is 24.3. The van der Waals surface area contributed by atoms with Crippen LogP contribution >= 0.6 is 0 Å². The van der Waals surface area contributed by atoms with Crippen molar-refractivity contribution in [2.24, 2.45) is 23.2 Å². The molecule has 5 aliphatic rings. The Kier molecular flexibility index (Phi) is 9.14. The van der Waals surface area contributed by atoms with Crippen LogP contribution in [0.5, 0.6) is 0 Å². The van der Waals surface area contributed by atoms with Crippen molar-refractivity contribution < 1.29 is 23.9 Å². The van der Waals surface area contributed by atoms with Gasteiger partial charge < -0.3 is 19.9 Å². The molecule has 5 fully saturated rings. The predicted molar refractivity (Wildman–Crippen MR) is 146 cm³/mol. The molecule has 2 aliphatic heterocycles. The first-order chi connectivity index (χ1) is 18.4. The number of carbonyl (C=O) groups excluding carboxylic acids is 2. The topological polar surface area (TPSA) is 157 Å². The van der Waals surface area contributed by atoms with Crippen molar-refractivity contribution in [2.45, 2.75) is 123 Å². The van der Waals surface area contributed by atoms with Gasteiger partial charge in [-0.05, 0) is 80.3 Å². The summed E-state index contributed by atoms with van der Waals surface area (Å²) in [6, 6.07) is -0.712. The summed E-state index contributed by atoms with van der Waals surface area (Å²) in [5, 5.41) is 20.2. The highest BCUT2D eigenvalue weighted by Gasteiger charge is 2.68. The summed E-state index contributed by atoms with van der Waals surface area (Å²) in [6.45, 7) is 13.5. The number of carbonyl (C=O) groups is 2. The number of amides is 2. The first-order valence-electron chi connectivity index (χ1n) is 14.7. The molecule has 7 atom stereocenters. The number of hydrogen-bond donors (Lipinski definition) is 4. The van der Waals surface area contributed by atoms with Gasteiger partial charge in [-0.25, -0.2) is 10.1 Å². The summed E-state index contributed by atoms with van der Waals surface area (Å²) >= 11 is 0. The molecule has 2 saturated heterocycles. The number of hydrazine groups is 2. The molecule has 4 N–H and O–H groups in total. The van der Waals surface area contributed by atoms with E-state index in [1.807, 2.05) is 6.92 Å². The fourth-order valence-corrected chi connectivity index (χ4v) is 6.88. The zero-order valence-corrected chi connectivity index (χ0v) is 24.3. The lowest BCUT2D eigenvalue weighted by atomic mass is 9.43. The Bertz CT molecular complexity index is 923. The van der Waals surface area contributed by atoms with Gasteiger partial charge in [0.05, 0.1) is 17.6 Å². The first kappa shape index (κ1) is 30.0. The summed E-state index contributed by atoms with van der Waals surface area (Å²) in [6.07, 6.45) is 5.31. The molecule has 12 nitrogen and oxygen atoms in total. The third kappa shape index (κ3) is 6.52. The summed E-state index contributed by atoms with van der Waals surface area (Å²) in [5.74, 6) is 0.639. The Hall–Kier alpha value is -1.96. The summed E-state index contributed by atoms with van der Waals surface area (Å²) in [4.78, 5) is 36.9. The molecule has 0 aromatic heterocycles. The van der Waals surface area contributed by atoms with Crippen LogP contribution in [0.4, 0.5) is 0 Å². The molecule has 39 heavy (non-hydrogen) atoms. The van der Waals surface area contributed by atoms with Gasteiger partial charge in [-0.2, -0.15) is 0 Å². The number of nitrogens with zero attached hydrogens (tertiary/aromatic N) is 2. The SMILES string of the molecule is CCCCC(=O)N[C@@H](CCCNC1NN1[N+](=O)[O-])C(=O)N[C@@H](CC(C)C)B1O[C@@H]2C[C@@H]3C[C@@H](C3(C)C)[C@]2(C)O1. The molecule has 3 saturated carbocycles. The third-order valence-electron chi connectivity index (χ3n) is 9.37. The minimum atomic E-state index is -0.712. The van der Waals surface area contributed by atoms with Crippen LogP contribution in [0.1, 0.15) is 92.9 Å². The van der Waals surface area contributed by atoms with Gasteiger partial charge in [0, 0.05) is 6.42 Å². The van der Waals surface area contributed by atoms with Gasteiger partial charge >= 0.3 is 7.12 Å². The molecule has 0 radical (unpaired) electrons. The standard InChI is InChI=1S/C26H47BN6O6/c1-7-8-11-22(34)29-18(10-9-12-28-24-31-32(24)33(36)37)23(35)30-21(13-16(2)3)27-38-20-15-17-14-19(25(17,4)5)26(20,6)39-27/h16-21,24,28,31H,7-15H2,1-6H3,(H,29,34)(H,30,35)/t17-,18-,19-,20+,21-,24?,26-,32?/m0/s1. The Labute approximate surface area is 232 Å². The Morgan fingerprint density at radius 1 is 1.21 bits per heavy atom. The van der Waals surface area contributed by atoms with Crippen molar-refractivity contribution in [1.82, 2.24) is 26.5 Å². The lowest BCUT2D eigenvalue weighted by Crippen LogP contribution is -2.65. The second-order valence-electron chi connectivity index (χ2n) is 13.0. The van der Waals surface area contributed by atoms with Crippen LogP contribution in [0.25, 0.3) is 0 Å². The van der Waals surface area contributed by atoms with Crippen LogP contribution in [0.15, 0.2) is 0 Å². The van der Waals surface area contributed by atoms with Gasteiger partial charge in [0.25, 0.3) is 0 Å². The molecule has 220 valence electrons. The number of unbranched alkanes of at least 4 members (excludes halogenated alkanes) is 1. The zero-order chi connectivity index (χ0) is 28.5. The van der Waals surface area contributed by atoms with Crippen molar-refractivity contribution in [1.29, 1.82) is 0 Å². The average Bonchev–Trinajstić information content (AvgIpc) is 3.55. The van der Waals surface area contributed by atoms with E-state index in [0.29, 0.717) is 50.0 Å². The Morgan fingerprint density at radius 3 is 2.56 bits per heavy atom. The largest absolute Gasteiger partial charge is 0.481 e. The van der Waals surface area contributed by atoms with E-state index >= 15 is 0 Å². The molecule has 2 bridgehead atoms. The maximum Gasteiger partial charge on any atom is 0.481 e. The van der Waals surface area contributed by atoms with Crippen molar-refractivity contribution >= 4 is 18.9 Å². The van der Waals surface area contributed by atoms with Gasteiger partial charge in [0.2, 0.25) is 18.1 Å². The quantitative estimate of drug-likeness (QED) is 0.0788. The molecule has 0 aromatic rings. The fourth-order valence-electron chi connectivity index (χ4n) is 6.88. The van der Waals surface area contributed by atoms with Gasteiger partial charge in [0.1, 0.15) is 6.04 Å². The molecule has 2 amide bonds. The molecule has 3 aliphatic carbocycles. The molecule has 5 rings (SSSR count). The molecule has 0 aromatic carbocycles. The van der Waals surface area contributed by atoms with E-state index in [0.717, 1.165) is 30.8 Å². The van der Waals surface area contributed by atoms with Crippen molar-refractivity contribution in [3.8, 4) is 0 Å².